The second-order valence-electron chi connectivity index (χ2n) is 4.04. The molecule has 0 fully saturated rings. The highest BCUT2D eigenvalue weighted by atomic mass is 32.2. The first-order chi connectivity index (χ1) is 6.54. The van der Waals surface area contributed by atoms with Gasteiger partial charge in [0.1, 0.15) is 0 Å². The van der Waals surface area contributed by atoms with Crippen LogP contribution in [0.2, 0.25) is 0 Å². The number of thioether (sulfide) groups is 1. The van der Waals surface area contributed by atoms with Crippen molar-refractivity contribution in [3.63, 3.8) is 0 Å². The van der Waals surface area contributed by atoms with Crippen molar-refractivity contribution in [3.05, 3.63) is 11.7 Å². The van der Waals surface area contributed by atoms with Gasteiger partial charge >= 0.3 is 0 Å². The number of aliphatic hydroxyl groups is 1. The van der Waals surface area contributed by atoms with Crippen molar-refractivity contribution in [3.8, 4) is 0 Å². The molecule has 0 aliphatic rings. The summed E-state index contributed by atoms with van der Waals surface area (Å²) in [6.45, 7) is 6.29. The summed E-state index contributed by atoms with van der Waals surface area (Å²) in [6.07, 6.45) is 0. The molecule has 1 N–H and O–H groups in total. The van der Waals surface area contributed by atoms with Crippen molar-refractivity contribution in [2.75, 3.05) is 12.4 Å². The first-order valence-corrected chi connectivity index (χ1v) is 5.71. The molecule has 0 bridgehead atoms. The molecule has 0 spiro atoms. The third-order valence-corrected chi connectivity index (χ3v) is 2.51. The Hall–Kier alpha value is -0.550. The predicted molar refractivity (Wildman–Crippen MR) is 56.2 cm³/mol. The van der Waals surface area contributed by atoms with Gasteiger partial charge in [0.15, 0.2) is 5.82 Å². The molecule has 1 rings (SSSR count). The van der Waals surface area contributed by atoms with Crippen LogP contribution >= 0.6 is 11.8 Å². The molecule has 14 heavy (non-hydrogen) atoms. The molecular formula is C9H16N2O2S. The van der Waals surface area contributed by atoms with Gasteiger partial charge in [-0.3, -0.25) is 0 Å². The van der Waals surface area contributed by atoms with Crippen LogP contribution in [0.3, 0.4) is 0 Å². The quantitative estimate of drug-likeness (QED) is 0.774. The molecule has 0 amide bonds. The summed E-state index contributed by atoms with van der Waals surface area (Å²) in [4.78, 5) is 4.27. The summed E-state index contributed by atoms with van der Waals surface area (Å²) >= 11 is 1.60. The Bertz CT molecular complexity index is 281. The van der Waals surface area contributed by atoms with Crippen LogP contribution in [0.1, 0.15) is 32.5 Å². The minimum Gasteiger partial charge on any atom is -0.396 e. The average Bonchev–Trinajstić information content (AvgIpc) is 2.52. The number of aliphatic hydroxyl groups excluding tert-OH is 1. The van der Waals surface area contributed by atoms with Gasteiger partial charge in [-0.1, -0.05) is 25.9 Å². The van der Waals surface area contributed by atoms with Gasteiger partial charge in [0.2, 0.25) is 5.89 Å². The minimum atomic E-state index is -0.0904. The van der Waals surface area contributed by atoms with Crippen LogP contribution in [0.4, 0.5) is 0 Å². The lowest BCUT2D eigenvalue weighted by molar-refractivity contribution is 0.318. The normalized spacial score (nSPS) is 12.0. The van der Waals surface area contributed by atoms with Gasteiger partial charge in [0, 0.05) is 11.2 Å². The van der Waals surface area contributed by atoms with E-state index in [-0.39, 0.29) is 12.0 Å². The second kappa shape index (κ2) is 4.79. The third kappa shape index (κ3) is 3.31. The molecule has 0 aliphatic carbocycles. The maximum Gasteiger partial charge on any atom is 0.232 e. The Morgan fingerprint density at radius 1 is 1.43 bits per heavy atom. The highest BCUT2D eigenvalue weighted by Crippen LogP contribution is 2.20. The fraction of sp³-hybridized carbons (Fsp3) is 0.778. The molecule has 0 radical (unpaired) electrons. The summed E-state index contributed by atoms with van der Waals surface area (Å²) in [6, 6.07) is 0. The molecular weight excluding hydrogens is 200 g/mol. The van der Waals surface area contributed by atoms with Gasteiger partial charge in [-0.15, -0.1) is 0 Å². The molecule has 0 saturated heterocycles. The smallest absolute Gasteiger partial charge is 0.232 e. The molecule has 4 nitrogen and oxygen atoms in total. The maximum absolute atomic E-state index is 8.59. The van der Waals surface area contributed by atoms with Crippen LogP contribution in [0.15, 0.2) is 4.52 Å². The molecule has 5 heteroatoms. The molecule has 1 heterocycles. The molecule has 1 aromatic rings. The lowest BCUT2D eigenvalue weighted by atomic mass is 9.97. The van der Waals surface area contributed by atoms with E-state index < -0.39 is 0 Å². The summed E-state index contributed by atoms with van der Waals surface area (Å²) in [5.74, 6) is 2.77. The number of hydrogen-bond acceptors (Lipinski definition) is 5. The maximum atomic E-state index is 8.59. The third-order valence-electron chi connectivity index (χ3n) is 1.58. The zero-order valence-corrected chi connectivity index (χ0v) is 9.60. The topological polar surface area (TPSA) is 59.2 Å². The zero-order valence-electron chi connectivity index (χ0n) is 8.78. The van der Waals surface area contributed by atoms with Gasteiger partial charge in [0.05, 0.1) is 12.4 Å². The number of rotatable bonds is 4. The Morgan fingerprint density at radius 2 is 2.14 bits per heavy atom. The summed E-state index contributed by atoms with van der Waals surface area (Å²) in [5, 5.41) is 12.5. The van der Waals surface area contributed by atoms with E-state index in [0.29, 0.717) is 23.2 Å². The number of aromatic nitrogens is 2. The molecule has 0 saturated carbocycles. The predicted octanol–water partition coefficient (Wildman–Crippen LogP) is 1.59. The van der Waals surface area contributed by atoms with E-state index in [1.165, 1.54) is 0 Å². The summed E-state index contributed by atoms with van der Waals surface area (Å²) < 4.78 is 5.12. The van der Waals surface area contributed by atoms with Crippen molar-refractivity contribution in [2.45, 2.75) is 31.9 Å². The van der Waals surface area contributed by atoms with Gasteiger partial charge in [-0.2, -0.15) is 16.7 Å². The second-order valence-corrected chi connectivity index (χ2v) is 5.15. The number of hydrogen-bond donors (Lipinski definition) is 1. The highest BCUT2D eigenvalue weighted by molar-refractivity contribution is 7.98. The summed E-state index contributed by atoms with van der Waals surface area (Å²) in [5.41, 5.74) is -0.0904. The van der Waals surface area contributed by atoms with E-state index in [0.717, 1.165) is 0 Å². The minimum absolute atomic E-state index is 0.0904. The fourth-order valence-corrected chi connectivity index (χ4v) is 1.42. The van der Waals surface area contributed by atoms with E-state index in [1.807, 2.05) is 20.8 Å². The van der Waals surface area contributed by atoms with E-state index in [2.05, 4.69) is 10.1 Å². The van der Waals surface area contributed by atoms with E-state index in [4.69, 9.17) is 9.63 Å². The van der Waals surface area contributed by atoms with Crippen LogP contribution in [0.5, 0.6) is 0 Å². The first-order valence-electron chi connectivity index (χ1n) is 4.55. The Labute approximate surface area is 88.1 Å². The average molecular weight is 216 g/mol. The van der Waals surface area contributed by atoms with Gasteiger partial charge < -0.3 is 9.63 Å². The van der Waals surface area contributed by atoms with Crippen molar-refractivity contribution in [1.82, 2.24) is 10.1 Å². The molecule has 1 aromatic heterocycles. The largest absolute Gasteiger partial charge is 0.396 e. The van der Waals surface area contributed by atoms with Crippen molar-refractivity contribution in [1.29, 1.82) is 0 Å². The van der Waals surface area contributed by atoms with Gasteiger partial charge in [0.25, 0.3) is 0 Å². The lowest BCUT2D eigenvalue weighted by Crippen LogP contribution is -2.11. The monoisotopic (exact) mass is 216 g/mol. The first kappa shape index (κ1) is 11.5. The van der Waals surface area contributed by atoms with Crippen LogP contribution in [0, 0.1) is 0 Å². The molecule has 0 aliphatic heterocycles. The van der Waals surface area contributed by atoms with Crippen molar-refractivity contribution >= 4 is 11.8 Å². The summed E-state index contributed by atoms with van der Waals surface area (Å²) in [7, 11) is 0. The van der Waals surface area contributed by atoms with E-state index >= 15 is 0 Å². The Kier molecular flexibility index (Phi) is 3.95. The Balaban J connectivity index is 2.51. The van der Waals surface area contributed by atoms with Crippen LogP contribution < -0.4 is 0 Å². The van der Waals surface area contributed by atoms with Crippen LogP contribution in [-0.2, 0) is 11.2 Å². The fourth-order valence-electron chi connectivity index (χ4n) is 0.845. The van der Waals surface area contributed by atoms with Crippen LogP contribution in [-0.4, -0.2) is 27.6 Å². The lowest BCUT2D eigenvalue weighted by Gasteiger charge is -2.10. The molecule has 80 valence electrons. The van der Waals surface area contributed by atoms with Gasteiger partial charge in [-0.05, 0) is 0 Å². The standard InChI is InChI=1S/C9H16N2O2S/c1-9(2,3)8-10-7(11-13-8)6-14-5-4-12/h12H,4-6H2,1-3H3. The molecule has 0 aromatic carbocycles. The van der Waals surface area contributed by atoms with Gasteiger partial charge in [-0.25, -0.2) is 0 Å². The SMILES string of the molecule is CC(C)(C)c1nc(CSCCO)no1. The van der Waals surface area contributed by atoms with E-state index in [9.17, 15) is 0 Å². The molecule has 0 unspecified atom stereocenters. The van der Waals surface area contributed by atoms with E-state index in [1.54, 1.807) is 11.8 Å². The molecule has 0 atom stereocenters. The number of nitrogens with zero attached hydrogens (tertiary/aromatic N) is 2. The zero-order chi connectivity index (χ0) is 10.6. The van der Waals surface area contributed by atoms with Crippen LogP contribution in [0.25, 0.3) is 0 Å². The highest BCUT2D eigenvalue weighted by Gasteiger charge is 2.21. The van der Waals surface area contributed by atoms with Crippen molar-refractivity contribution < 1.29 is 9.63 Å². The Morgan fingerprint density at radius 3 is 2.64 bits per heavy atom. The van der Waals surface area contributed by atoms with Crippen molar-refractivity contribution in [2.24, 2.45) is 0 Å².